The number of nitrogens with zero attached hydrogens (tertiary/aromatic N) is 2. The molecule has 0 saturated carbocycles. The number of anilines is 2. The molecule has 1 aliphatic heterocycles. The lowest BCUT2D eigenvalue weighted by Crippen LogP contribution is -2.32. The van der Waals surface area contributed by atoms with Gasteiger partial charge in [-0.15, -0.1) is 11.3 Å². The molecule has 1 aliphatic rings. The number of likely N-dealkylation sites (tertiary alicyclic amines) is 1. The van der Waals surface area contributed by atoms with Crippen LogP contribution < -0.4 is 11.1 Å². The van der Waals surface area contributed by atoms with Crippen LogP contribution in [-0.4, -0.2) is 63.8 Å². The number of nitrogens with two attached hydrogens (primary N) is 1. The maximum Gasteiger partial charge on any atom is 0.251 e. The number of nitrogens with one attached hydrogen (secondary N) is 1. The fourth-order valence-corrected chi connectivity index (χ4v) is 5.28. The van der Waals surface area contributed by atoms with Crippen LogP contribution in [0.4, 0.5) is 19.6 Å². The van der Waals surface area contributed by atoms with Crippen molar-refractivity contribution in [1.82, 2.24) is 9.88 Å². The standard InChI is InChI=1S/C26H28F2N4O5S/c1-14(33)7-15-8-19(27)24(20(28)9-15)21-10-18(25(29)36)26(38-21)31-22-4-2-3-16(30-22)12-37-13-23(35)32-6-5-17(34)11-32/h2-4,8-10,14,17,33-34H,5-7,11-13H2,1H3,(H2,29,36)(H,30,31). The highest BCUT2D eigenvalue weighted by atomic mass is 32.1. The summed E-state index contributed by atoms with van der Waals surface area (Å²) < 4.78 is 35.2. The number of β-amino-alcohol motifs (C(OH)–C–C–N with tert-alkyl or cyclic N) is 1. The molecule has 0 aliphatic carbocycles. The number of aromatic nitrogens is 1. The van der Waals surface area contributed by atoms with E-state index in [0.29, 0.717) is 36.6 Å². The van der Waals surface area contributed by atoms with Crippen LogP contribution in [0.15, 0.2) is 36.4 Å². The predicted octanol–water partition coefficient (Wildman–Crippen LogP) is 2.96. The fourth-order valence-electron chi connectivity index (χ4n) is 4.16. The van der Waals surface area contributed by atoms with Gasteiger partial charge in [0, 0.05) is 18.0 Å². The van der Waals surface area contributed by atoms with Gasteiger partial charge >= 0.3 is 0 Å². The Hall–Kier alpha value is -3.45. The SMILES string of the molecule is CC(O)Cc1cc(F)c(-c2cc(C(N)=O)c(Nc3cccc(COCC(=O)N4CCC(O)C4)n3)s2)c(F)c1. The minimum absolute atomic E-state index is 0.0405. The summed E-state index contributed by atoms with van der Waals surface area (Å²) in [7, 11) is 0. The zero-order valence-corrected chi connectivity index (χ0v) is 21.4. The van der Waals surface area contributed by atoms with Gasteiger partial charge in [-0.05, 0) is 55.7 Å². The van der Waals surface area contributed by atoms with E-state index in [9.17, 15) is 28.6 Å². The molecule has 38 heavy (non-hydrogen) atoms. The van der Waals surface area contributed by atoms with Gasteiger partial charge in [-0.25, -0.2) is 13.8 Å². The van der Waals surface area contributed by atoms with Crippen molar-refractivity contribution in [2.45, 2.75) is 38.6 Å². The van der Waals surface area contributed by atoms with Gasteiger partial charge < -0.3 is 30.9 Å². The second-order valence-corrected chi connectivity index (χ2v) is 10.2. The molecule has 1 aromatic carbocycles. The number of aliphatic hydroxyl groups is 2. The third kappa shape index (κ3) is 6.70. The Bertz CT molecular complexity index is 1310. The van der Waals surface area contributed by atoms with Gasteiger partial charge in [0.2, 0.25) is 5.91 Å². The van der Waals surface area contributed by atoms with E-state index in [-0.39, 0.29) is 46.5 Å². The van der Waals surface area contributed by atoms with Crippen LogP contribution in [0, 0.1) is 11.6 Å². The van der Waals surface area contributed by atoms with E-state index in [2.05, 4.69) is 10.3 Å². The van der Waals surface area contributed by atoms with Gasteiger partial charge in [0.25, 0.3) is 5.91 Å². The molecule has 1 fully saturated rings. The van der Waals surface area contributed by atoms with Crippen LogP contribution >= 0.6 is 11.3 Å². The number of carbonyl (C=O) groups is 2. The first kappa shape index (κ1) is 27.6. The number of amides is 2. The molecule has 1 saturated heterocycles. The van der Waals surface area contributed by atoms with Crippen molar-refractivity contribution in [3.05, 3.63) is 64.9 Å². The molecule has 0 radical (unpaired) electrons. The molecule has 5 N–H and O–H groups in total. The summed E-state index contributed by atoms with van der Waals surface area (Å²) >= 11 is 0.943. The topological polar surface area (TPSA) is 138 Å². The molecular formula is C26H28F2N4O5S. The van der Waals surface area contributed by atoms with Gasteiger partial charge in [-0.2, -0.15) is 0 Å². The van der Waals surface area contributed by atoms with E-state index in [0.717, 1.165) is 23.5 Å². The number of hydrogen-bond acceptors (Lipinski definition) is 8. The van der Waals surface area contributed by atoms with Crippen molar-refractivity contribution in [2.75, 3.05) is 25.0 Å². The summed E-state index contributed by atoms with van der Waals surface area (Å²) in [5.74, 6) is -2.30. The van der Waals surface area contributed by atoms with Crippen LogP contribution in [0.3, 0.4) is 0 Å². The van der Waals surface area contributed by atoms with E-state index < -0.39 is 29.7 Å². The van der Waals surface area contributed by atoms with Crippen LogP contribution in [0.1, 0.15) is 35.0 Å². The molecule has 4 rings (SSSR count). The summed E-state index contributed by atoms with van der Waals surface area (Å²) in [6, 6.07) is 8.66. The highest BCUT2D eigenvalue weighted by Crippen LogP contribution is 2.39. The van der Waals surface area contributed by atoms with Crippen LogP contribution in [0.5, 0.6) is 0 Å². The number of halogens is 2. The highest BCUT2D eigenvalue weighted by molar-refractivity contribution is 7.20. The molecule has 12 heteroatoms. The quantitative estimate of drug-likeness (QED) is 0.307. The van der Waals surface area contributed by atoms with Crippen molar-refractivity contribution in [3.63, 3.8) is 0 Å². The number of carbonyl (C=O) groups excluding carboxylic acids is 2. The Morgan fingerprint density at radius 3 is 2.66 bits per heavy atom. The number of benzene rings is 1. The molecule has 2 unspecified atom stereocenters. The lowest BCUT2D eigenvalue weighted by atomic mass is 10.0. The second-order valence-electron chi connectivity index (χ2n) is 9.12. The third-order valence-corrected chi connectivity index (χ3v) is 6.98. The van der Waals surface area contributed by atoms with Crippen molar-refractivity contribution in [2.24, 2.45) is 5.73 Å². The maximum atomic E-state index is 14.8. The maximum absolute atomic E-state index is 14.8. The number of primary amides is 1. The summed E-state index contributed by atoms with van der Waals surface area (Å²) in [5.41, 5.74) is 6.08. The number of hydrogen-bond donors (Lipinski definition) is 4. The normalized spacial score (nSPS) is 16.0. The van der Waals surface area contributed by atoms with Crippen LogP contribution in [0.2, 0.25) is 0 Å². The average molecular weight is 547 g/mol. The van der Waals surface area contributed by atoms with Crippen molar-refractivity contribution in [3.8, 4) is 10.4 Å². The smallest absolute Gasteiger partial charge is 0.251 e. The van der Waals surface area contributed by atoms with Gasteiger partial charge in [0.05, 0.1) is 35.6 Å². The number of thiophene rings is 1. The number of rotatable bonds is 10. The molecule has 3 aromatic rings. The van der Waals surface area contributed by atoms with E-state index in [1.807, 2.05) is 0 Å². The number of pyridine rings is 1. The summed E-state index contributed by atoms with van der Waals surface area (Å²) in [4.78, 5) is 30.4. The molecule has 9 nitrogen and oxygen atoms in total. The Morgan fingerprint density at radius 2 is 2.03 bits per heavy atom. The summed E-state index contributed by atoms with van der Waals surface area (Å²) in [6.07, 6.45) is -0.619. The van der Waals surface area contributed by atoms with Gasteiger partial charge in [0.1, 0.15) is 29.1 Å². The van der Waals surface area contributed by atoms with Crippen molar-refractivity contribution in [1.29, 1.82) is 0 Å². The molecule has 0 spiro atoms. The molecule has 2 atom stereocenters. The minimum atomic E-state index is -0.820. The summed E-state index contributed by atoms with van der Waals surface area (Å²) in [6.45, 7) is 2.20. The molecule has 0 bridgehead atoms. The van der Waals surface area contributed by atoms with Gasteiger partial charge in [-0.3, -0.25) is 9.59 Å². The first-order chi connectivity index (χ1) is 18.1. The zero-order valence-electron chi connectivity index (χ0n) is 20.6. The van der Waals surface area contributed by atoms with E-state index in [1.54, 1.807) is 23.1 Å². The molecule has 2 amide bonds. The first-order valence-electron chi connectivity index (χ1n) is 12.0. The molecule has 202 valence electrons. The second kappa shape index (κ2) is 11.9. The monoisotopic (exact) mass is 546 g/mol. The number of ether oxygens (including phenoxy) is 1. The number of aliphatic hydroxyl groups excluding tert-OH is 2. The molecule has 3 heterocycles. The molecular weight excluding hydrogens is 518 g/mol. The third-order valence-electron chi connectivity index (χ3n) is 5.92. The van der Waals surface area contributed by atoms with Crippen molar-refractivity contribution < 1.29 is 33.3 Å². The molecule has 2 aromatic heterocycles. The lowest BCUT2D eigenvalue weighted by molar-refractivity contribution is -0.135. The summed E-state index contributed by atoms with van der Waals surface area (Å²) in [5, 5.41) is 22.3. The Morgan fingerprint density at radius 1 is 1.29 bits per heavy atom. The van der Waals surface area contributed by atoms with E-state index in [4.69, 9.17) is 10.5 Å². The largest absolute Gasteiger partial charge is 0.393 e. The zero-order chi connectivity index (χ0) is 27.4. The van der Waals surface area contributed by atoms with Crippen LogP contribution in [0.25, 0.3) is 10.4 Å². The minimum Gasteiger partial charge on any atom is -0.393 e. The van der Waals surface area contributed by atoms with Crippen LogP contribution in [-0.2, 0) is 22.6 Å². The average Bonchev–Trinajstić information content (AvgIpc) is 3.45. The Kier molecular flexibility index (Phi) is 8.67. The lowest BCUT2D eigenvalue weighted by Gasteiger charge is -2.15. The highest BCUT2D eigenvalue weighted by Gasteiger charge is 2.24. The first-order valence-corrected chi connectivity index (χ1v) is 12.8. The van der Waals surface area contributed by atoms with Gasteiger partial charge in [0.15, 0.2) is 0 Å². The Balaban J connectivity index is 1.48. The fraction of sp³-hybridized carbons (Fsp3) is 0.346. The van der Waals surface area contributed by atoms with E-state index in [1.165, 1.54) is 13.0 Å². The van der Waals surface area contributed by atoms with Crippen molar-refractivity contribution >= 4 is 34.0 Å². The van der Waals surface area contributed by atoms with E-state index >= 15 is 0 Å². The predicted molar refractivity (Wildman–Crippen MR) is 138 cm³/mol. The van der Waals surface area contributed by atoms with Gasteiger partial charge in [-0.1, -0.05) is 6.07 Å². The Labute approximate surface area is 221 Å².